The standard InChI is InChI=1S/C31H33Cl2N3O4.C31H33ClFN3O5.C30H26Cl2N4O3/c1-3-35(4-2)18-23(37)19-39-24-10-5-20(6-11-24)30-29-26(27-17-22(33)9-14-28(27)34-29)15-16-36(30)31(38)40-25-12-7-21(32)8-13-25;1-35(15-16-39-2)18-23(37)19-40-24-8-3-20(4-9-24)30-29-26(27-17-21(32)5-12-28(27)34-29)13-14-36(30)31(38)41-25-10-6-22(33)7-11-25;31-21-8-11-26-24(18-21)23-12-15-36(30(37)39-27-5-2-1-4-25(27)32)29(28(23)34-26)20-6-9-22(10-7-20)38-17-3-14-35-16-13-33-19-35/h5-14,17,23,30,34,37H,3-4,15-16,18-19H2,1-2H3;3-12,17,23,30,34,37H,13-16,18-19H2,1-2H3;1-2,4-11,13,16,18-19,29,34H,3,12,14-15,17H2. The highest BCUT2D eigenvalue weighted by atomic mass is 35.5. The van der Waals surface area contributed by atoms with Crippen LogP contribution >= 0.6 is 58.0 Å². The number of rotatable bonds is 26. The average Bonchev–Trinajstić information content (AvgIpc) is 1.60. The minimum atomic E-state index is -0.660. The predicted molar refractivity (Wildman–Crippen MR) is 466 cm³/mol. The van der Waals surface area contributed by atoms with Crippen molar-refractivity contribution in [1.29, 1.82) is 0 Å². The lowest BCUT2D eigenvalue weighted by Crippen LogP contribution is -2.42. The minimum absolute atomic E-state index is 0.142. The average molecular weight is 1730 g/mol. The summed E-state index contributed by atoms with van der Waals surface area (Å²) in [6.45, 7) is 11.4. The molecule has 120 heavy (non-hydrogen) atoms. The number of H-pyrrole nitrogens is 3. The molecule has 0 spiro atoms. The van der Waals surface area contributed by atoms with Crippen LogP contribution in [0.15, 0.2) is 219 Å². The van der Waals surface area contributed by atoms with Gasteiger partial charge in [0.15, 0.2) is 5.75 Å². The van der Waals surface area contributed by atoms with Crippen molar-refractivity contribution in [3.63, 3.8) is 0 Å². The van der Waals surface area contributed by atoms with E-state index in [-0.39, 0.29) is 25.0 Å². The molecule has 28 heteroatoms. The fourth-order valence-corrected chi connectivity index (χ4v) is 16.3. The predicted octanol–water partition coefficient (Wildman–Crippen LogP) is 19.4. The monoisotopic (exact) mass is 1720 g/mol. The number of imidazole rings is 1. The molecule has 0 aliphatic carbocycles. The van der Waals surface area contributed by atoms with Gasteiger partial charge in [-0.25, -0.2) is 23.8 Å². The third kappa shape index (κ3) is 21.0. The van der Waals surface area contributed by atoms with Gasteiger partial charge in [0.1, 0.15) is 78.1 Å². The molecule has 3 amide bonds. The lowest BCUT2D eigenvalue weighted by atomic mass is 9.92. The molecule has 624 valence electrons. The molecule has 4 aromatic heterocycles. The maximum atomic E-state index is 13.5. The highest BCUT2D eigenvalue weighted by Crippen LogP contribution is 2.45. The minimum Gasteiger partial charge on any atom is -0.494 e. The fourth-order valence-electron chi connectivity index (χ4n) is 15.5. The quantitative estimate of drug-likeness (QED) is 0.0317. The number of aliphatic hydroxyl groups is 2. The van der Waals surface area contributed by atoms with Crippen LogP contribution in [0.1, 0.15) is 88.9 Å². The zero-order chi connectivity index (χ0) is 83.9. The fraction of sp³-hybridized carbons (Fsp3) is 0.283. The molecule has 13 aromatic rings. The van der Waals surface area contributed by atoms with Gasteiger partial charge < -0.3 is 72.7 Å². The van der Waals surface area contributed by atoms with E-state index in [0.29, 0.717) is 120 Å². The second kappa shape index (κ2) is 40.1. The number of ether oxygens (including phenoxy) is 7. The maximum Gasteiger partial charge on any atom is 0.416 e. The molecule has 16 rings (SSSR count). The summed E-state index contributed by atoms with van der Waals surface area (Å²) in [5.41, 5.74) is 11.7. The molecule has 0 saturated carbocycles. The number of carbonyl (C=O) groups is 3. The molecule has 7 heterocycles. The summed E-state index contributed by atoms with van der Waals surface area (Å²) in [5.74, 6) is 2.64. The van der Waals surface area contributed by atoms with Gasteiger partial charge in [-0.1, -0.05) is 120 Å². The summed E-state index contributed by atoms with van der Waals surface area (Å²) in [4.78, 5) is 64.3. The number of hydrogen-bond donors (Lipinski definition) is 5. The molecular formula is C92H92Cl5FN10O12. The Balaban J connectivity index is 0.000000147. The summed E-state index contributed by atoms with van der Waals surface area (Å²) in [6, 6.07) is 58.1. The lowest BCUT2D eigenvalue weighted by Gasteiger charge is -2.35. The highest BCUT2D eigenvalue weighted by Gasteiger charge is 2.40. The van der Waals surface area contributed by atoms with E-state index in [1.165, 1.54) is 24.3 Å². The first-order chi connectivity index (χ1) is 58.2. The number of aliphatic hydroxyl groups excluding tert-OH is 2. The summed E-state index contributed by atoms with van der Waals surface area (Å²) in [7, 11) is 3.56. The van der Waals surface area contributed by atoms with Crippen molar-refractivity contribution >= 4 is 109 Å². The normalized spacial score (nSPS) is 15.4. The largest absolute Gasteiger partial charge is 0.494 e. The molecule has 3 aliphatic rings. The molecule has 0 radical (unpaired) electrons. The van der Waals surface area contributed by atoms with Gasteiger partial charge in [-0.05, 0) is 231 Å². The number of fused-ring (bicyclic) bond motifs is 9. The SMILES string of the molecule is CCN(CC)CC(O)COc1ccc(C2c3[nH]c4ccc(Cl)cc4c3CCN2C(=O)Oc2ccc(Cl)cc2)cc1.COCCN(C)CC(O)COc1ccc(C2c3[nH]c4ccc(Cl)cc4c3CCN2C(=O)Oc2ccc(F)cc2)cc1.O=C(Oc1ccccc1Cl)N1CCc2c([nH]c3ccc(Cl)cc23)C1c1ccc(OCCCn2ccnc2)cc1. The zero-order valence-corrected chi connectivity index (χ0v) is 70.3. The van der Waals surface area contributed by atoms with Crippen molar-refractivity contribution in [2.24, 2.45) is 0 Å². The van der Waals surface area contributed by atoms with E-state index in [9.17, 15) is 29.0 Å². The van der Waals surface area contributed by atoms with Crippen molar-refractivity contribution in [2.75, 3.05) is 92.9 Å². The summed E-state index contributed by atoms with van der Waals surface area (Å²) >= 11 is 31.2. The number of aromatic amines is 3. The van der Waals surface area contributed by atoms with Gasteiger partial charge in [-0.15, -0.1) is 0 Å². The smallest absolute Gasteiger partial charge is 0.416 e. The number of likely N-dealkylation sites (N-methyl/N-ethyl adjacent to an activating group) is 2. The Morgan fingerprint density at radius 1 is 0.508 bits per heavy atom. The summed E-state index contributed by atoms with van der Waals surface area (Å²) in [5, 5.41) is 26.8. The van der Waals surface area contributed by atoms with Crippen LogP contribution in [0.5, 0.6) is 34.5 Å². The van der Waals surface area contributed by atoms with E-state index in [4.69, 9.17) is 91.2 Å². The van der Waals surface area contributed by atoms with Crippen LogP contribution in [0, 0.1) is 5.82 Å². The second-order valence-electron chi connectivity index (χ2n) is 29.5. The van der Waals surface area contributed by atoms with E-state index in [0.717, 1.165) is 115 Å². The first-order valence-corrected chi connectivity index (χ1v) is 41.6. The van der Waals surface area contributed by atoms with Crippen molar-refractivity contribution in [3.05, 3.63) is 300 Å². The Morgan fingerprint density at radius 3 is 1.34 bits per heavy atom. The van der Waals surface area contributed by atoms with Crippen LogP contribution in [0.2, 0.25) is 25.1 Å². The van der Waals surface area contributed by atoms with Crippen molar-refractivity contribution in [2.45, 2.75) is 76.4 Å². The Labute approximate surface area is 719 Å². The number of methoxy groups -OCH3 is 1. The van der Waals surface area contributed by atoms with E-state index in [1.54, 1.807) is 82.9 Å². The number of amides is 3. The van der Waals surface area contributed by atoms with E-state index >= 15 is 0 Å². The number of aromatic nitrogens is 5. The van der Waals surface area contributed by atoms with Gasteiger partial charge in [0.05, 0.1) is 24.6 Å². The van der Waals surface area contributed by atoms with Gasteiger partial charge in [0, 0.05) is 135 Å². The van der Waals surface area contributed by atoms with Gasteiger partial charge >= 0.3 is 18.3 Å². The van der Waals surface area contributed by atoms with Gasteiger partial charge in [-0.2, -0.15) is 0 Å². The van der Waals surface area contributed by atoms with Gasteiger partial charge in [0.2, 0.25) is 0 Å². The highest BCUT2D eigenvalue weighted by molar-refractivity contribution is 6.33. The summed E-state index contributed by atoms with van der Waals surface area (Å²) in [6.07, 6.45) is 5.62. The third-order valence-corrected chi connectivity index (χ3v) is 22.7. The van der Waals surface area contributed by atoms with Crippen LogP contribution in [0.3, 0.4) is 0 Å². The van der Waals surface area contributed by atoms with Crippen LogP contribution < -0.4 is 28.4 Å². The Morgan fingerprint density at radius 2 is 0.917 bits per heavy atom. The van der Waals surface area contributed by atoms with Crippen molar-refractivity contribution in [3.8, 4) is 34.5 Å². The van der Waals surface area contributed by atoms with E-state index in [2.05, 4.69) is 38.7 Å². The van der Waals surface area contributed by atoms with Gasteiger partial charge in [0.25, 0.3) is 0 Å². The van der Waals surface area contributed by atoms with Crippen molar-refractivity contribution in [1.82, 2.24) is 49.0 Å². The molecule has 3 aliphatic heterocycles. The number of para-hydroxylation sites is 1. The molecule has 5 atom stereocenters. The number of nitrogens with zero attached hydrogens (tertiary/aromatic N) is 7. The summed E-state index contributed by atoms with van der Waals surface area (Å²) < 4.78 is 55.3. The van der Waals surface area contributed by atoms with Crippen molar-refractivity contribution < 1.29 is 62.1 Å². The molecule has 0 fully saturated rings. The second-order valence-corrected chi connectivity index (χ2v) is 31.6. The number of halogens is 6. The Kier molecular flexibility index (Phi) is 28.6. The van der Waals surface area contributed by atoms with Crippen LogP contribution in [0.4, 0.5) is 18.8 Å². The van der Waals surface area contributed by atoms with E-state index in [1.807, 2.05) is 150 Å². The topological polar surface area (TPSA) is 238 Å². The molecule has 5 unspecified atom stereocenters. The Bertz CT molecular complexity index is 5620. The van der Waals surface area contributed by atoms with Crippen LogP contribution in [-0.4, -0.2) is 183 Å². The molecule has 5 N–H and O–H groups in total. The number of benzene rings is 9. The van der Waals surface area contributed by atoms with Crippen LogP contribution in [0.25, 0.3) is 32.7 Å². The number of hydrogen-bond acceptors (Lipinski definition) is 15. The molecule has 9 aromatic carbocycles. The molecular weight excluding hydrogens is 1630 g/mol. The molecule has 22 nitrogen and oxygen atoms in total. The first kappa shape index (κ1) is 85.6. The maximum absolute atomic E-state index is 13.5. The number of carbonyl (C=O) groups excluding carboxylic acids is 3. The first-order valence-electron chi connectivity index (χ1n) is 39.8. The lowest BCUT2D eigenvalue weighted by molar-refractivity contribution is 0.0667. The van der Waals surface area contributed by atoms with E-state index < -0.39 is 48.4 Å². The number of nitrogens with one attached hydrogen (secondary N) is 3. The van der Waals surface area contributed by atoms with Gasteiger partial charge in [-0.3, -0.25) is 14.7 Å². The Hall–Kier alpha value is -10.8. The van der Waals surface area contributed by atoms with Crippen LogP contribution in [-0.2, 0) is 30.5 Å². The number of aryl methyl sites for hydroxylation is 1. The zero-order valence-electron chi connectivity index (χ0n) is 66.6. The third-order valence-electron chi connectivity index (χ3n) is 21.5. The molecule has 0 saturated heterocycles. The molecule has 0 bridgehead atoms.